The SMILES string of the molecule is O=C(NCc1nnnn1C1CCCCC1)C(c1ccccc1)c1ccccc1. The zero-order chi connectivity index (χ0) is 19.2. The Kier molecular flexibility index (Phi) is 5.75. The quantitative estimate of drug-likeness (QED) is 0.714. The zero-order valence-electron chi connectivity index (χ0n) is 15.9. The molecular weight excluding hydrogens is 350 g/mol. The largest absolute Gasteiger partial charge is 0.348 e. The predicted molar refractivity (Wildman–Crippen MR) is 107 cm³/mol. The third-order valence-corrected chi connectivity index (χ3v) is 5.43. The van der Waals surface area contributed by atoms with E-state index in [0.717, 1.165) is 29.8 Å². The summed E-state index contributed by atoms with van der Waals surface area (Å²) in [6.07, 6.45) is 5.90. The molecule has 144 valence electrons. The molecular formula is C22H25N5O. The average molecular weight is 375 g/mol. The maximum Gasteiger partial charge on any atom is 0.232 e. The molecule has 6 heteroatoms. The molecule has 0 bridgehead atoms. The zero-order valence-corrected chi connectivity index (χ0v) is 15.9. The van der Waals surface area contributed by atoms with E-state index in [0.29, 0.717) is 12.6 Å². The first-order valence-electron chi connectivity index (χ1n) is 9.97. The van der Waals surface area contributed by atoms with E-state index in [1.54, 1.807) is 0 Å². The second-order valence-electron chi connectivity index (χ2n) is 7.30. The van der Waals surface area contributed by atoms with E-state index in [1.807, 2.05) is 65.3 Å². The normalized spacial score (nSPS) is 14.9. The number of carbonyl (C=O) groups excluding carboxylic acids is 1. The number of amides is 1. The number of nitrogens with zero attached hydrogens (tertiary/aromatic N) is 4. The van der Waals surface area contributed by atoms with Crippen LogP contribution in [-0.4, -0.2) is 26.1 Å². The Hall–Kier alpha value is -3.02. The number of hydrogen-bond donors (Lipinski definition) is 1. The monoisotopic (exact) mass is 375 g/mol. The lowest BCUT2D eigenvalue weighted by molar-refractivity contribution is -0.121. The molecule has 0 spiro atoms. The fraction of sp³-hybridized carbons (Fsp3) is 0.364. The molecule has 0 saturated heterocycles. The fourth-order valence-electron chi connectivity index (χ4n) is 3.99. The van der Waals surface area contributed by atoms with E-state index >= 15 is 0 Å². The van der Waals surface area contributed by atoms with Crippen LogP contribution in [0.1, 0.15) is 61.0 Å². The molecule has 2 aromatic carbocycles. The van der Waals surface area contributed by atoms with Crippen LogP contribution in [0.2, 0.25) is 0 Å². The molecule has 1 aliphatic carbocycles. The van der Waals surface area contributed by atoms with Crippen molar-refractivity contribution in [2.24, 2.45) is 0 Å². The molecule has 0 atom stereocenters. The van der Waals surface area contributed by atoms with E-state index in [-0.39, 0.29) is 11.8 Å². The van der Waals surface area contributed by atoms with Crippen LogP contribution in [0.25, 0.3) is 0 Å². The van der Waals surface area contributed by atoms with Crippen molar-refractivity contribution in [3.05, 3.63) is 77.6 Å². The number of tetrazole rings is 1. The van der Waals surface area contributed by atoms with Gasteiger partial charge in [-0.05, 0) is 34.4 Å². The van der Waals surface area contributed by atoms with Crippen LogP contribution in [0.5, 0.6) is 0 Å². The van der Waals surface area contributed by atoms with E-state index in [1.165, 1.54) is 19.3 Å². The van der Waals surface area contributed by atoms with Gasteiger partial charge in [-0.15, -0.1) is 5.10 Å². The molecule has 1 aromatic heterocycles. The number of aromatic nitrogens is 4. The Labute approximate surface area is 165 Å². The van der Waals surface area contributed by atoms with Crippen molar-refractivity contribution in [3.63, 3.8) is 0 Å². The first kappa shape index (κ1) is 18.3. The molecule has 1 amide bonds. The van der Waals surface area contributed by atoms with E-state index in [2.05, 4.69) is 20.8 Å². The summed E-state index contributed by atoms with van der Waals surface area (Å²) in [5.74, 6) is 0.317. The van der Waals surface area contributed by atoms with Gasteiger partial charge in [0.05, 0.1) is 18.5 Å². The van der Waals surface area contributed by atoms with Crippen molar-refractivity contribution in [3.8, 4) is 0 Å². The maximum absolute atomic E-state index is 13.1. The minimum Gasteiger partial charge on any atom is -0.348 e. The third-order valence-electron chi connectivity index (χ3n) is 5.43. The molecule has 1 saturated carbocycles. The Morgan fingerprint density at radius 3 is 2.18 bits per heavy atom. The number of hydrogen-bond acceptors (Lipinski definition) is 4. The van der Waals surface area contributed by atoms with Gasteiger partial charge in [0.1, 0.15) is 0 Å². The van der Waals surface area contributed by atoms with E-state index < -0.39 is 0 Å². The van der Waals surface area contributed by atoms with Crippen LogP contribution in [0, 0.1) is 0 Å². The summed E-state index contributed by atoms with van der Waals surface area (Å²) in [6.45, 7) is 0.332. The highest BCUT2D eigenvalue weighted by Crippen LogP contribution is 2.28. The van der Waals surface area contributed by atoms with Crippen LogP contribution in [0.15, 0.2) is 60.7 Å². The van der Waals surface area contributed by atoms with Gasteiger partial charge in [-0.2, -0.15) is 0 Å². The highest BCUT2D eigenvalue weighted by molar-refractivity contribution is 5.87. The first-order chi connectivity index (χ1) is 13.8. The number of rotatable bonds is 6. The lowest BCUT2D eigenvalue weighted by Gasteiger charge is -2.22. The highest BCUT2D eigenvalue weighted by atomic mass is 16.1. The van der Waals surface area contributed by atoms with Gasteiger partial charge < -0.3 is 5.32 Å². The minimum atomic E-state index is -0.360. The fourth-order valence-corrected chi connectivity index (χ4v) is 3.99. The van der Waals surface area contributed by atoms with Crippen LogP contribution in [0.4, 0.5) is 0 Å². The summed E-state index contributed by atoms with van der Waals surface area (Å²) >= 11 is 0. The predicted octanol–water partition coefficient (Wildman–Crippen LogP) is 3.63. The maximum atomic E-state index is 13.1. The Balaban J connectivity index is 1.51. The molecule has 1 fully saturated rings. The molecule has 1 heterocycles. The van der Waals surface area contributed by atoms with Gasteiger partial charge in [-0.25, -0.2) is 4.68 Å². The van der Waals surface area contributed by atoms with Gasteiger partial charge in [-0.3, -0.25) is 4.79 Å². The molecule has 0 unspecified atom stereocenters. The van der Waals surface area contributed by atoms with Gasteiger partial charge in [0.25, 0.3) is 0 Å². The molecule has 1 N–H and O–H groups in total. The van der Waals surface area contributed by atoms with Gasteiger partial charge in [0, 0.05) is 0 Å². The Bertz CT molecular complexity index is 848. The molecule has 0 aliphatic heterocycles. The topological polar surface area (TPSA) is 72.7 Å². The summed E-state index contributed by atoms with van der Waals surface area (Å²) in [6, 6.07) is 20.1. The first-order valence-corrected chi connectivity index (χ1v) is 9.97. The summed E-state index contributed by atoms with van der Waals surface area (Å²) in [5, 5.41) is 15.2. The van der Waals surface area contributed by atoms with Crippen LogP contribution < -0.4 is 5.32 Å². The van der Waals surface area contributed by atoms with Gasteiger partial charge in [0.15, 0.2) is 5.82 Å². The van der Waals surface area contributed by atoms with Crippen molar-refractivity contribution in [1.29, 1.82) is 0 Å². The van der Waals surface area contributed by atoms with Crippen molar-refractivity contribution in [2.45, 2.75) is 50.6 Å². The standard InChI is InChI=1S/C22H25N5O/c28-22(21(17-10-4-1-5-11-17)18-12-6-2-7-13-18)23-16-20-24-25-26-27(20)19-14-8-3-9-15-19/h1-2,4-7,10-13,19,21H,3,8-9,14-16H2,(H,23,28). The van der Waals surface area contributed by atoms with Crippen molar-refractivity contribution in [2.75, 3.05) is 0 Å². The highest BCUT2D eigenvalue weighted by Gasteiger charge is 2.24. The minimum absolute atomic E-state index is 0.0457. The Morgan fingerprint density at radius 2 is 1.57 bits per heavy atom. The van der Waals surface area contributed by atoms with Crippen LogP contribution in [-0.2, 0) is 11.3 Å². The van der Waals surface area contributed by atoms with Crippen molar-refractivity contribution in [1.82, 2.24) is 25.5 Å². The number of benzene rings is 2. The van der Waals surface area contributed by atoms with Gasteiger partial charge >= 0.3 is 0 Å². The van der Waals surface area contributed by atoms with Crippen LogP contribution in [0.3, 0.4) is 0 Å². The summed E-state index contributed by atoms with van der Waals surface area (Å²) in [7, 11) is 0. The van der Waals surface area contributed by atoms with Gasteiger partial charge in [-0.1, -0.05) is 79.9 Å². The molecule has 6 nitrogen and oxygen atoms in total. The molecule has 28 heavy (non-hydrogen) atoms. The van der Waals surface area contributed by atoms with E-state index in [4.69, 9.17) is 0 Å². The molecule has 3 aromatic rings. The number of carbonyl (C=O) groups is 1. The summed E-state index contributed by atoms with van der Waals surface area (Å²) in [5.41, 5.74) is 1.94. The second-order valence-corrected chi connectivity index (χ2v) is 7.30. The molecule has 4 rings (SSSR count). The molecule has 0 radical (unpaired) electrons. The summed E-state index contributed by atoms with van der Waals surface area (Å²) < 4.78 is 1.90. The molecule has 1 aliphatic rings. The summed E-state index contributed by atoms with van der Waals surface area (Å²) in [4.78, 5) is 13.1. The lowest BCUT2D eigenvalue weighted by Crippen LogP contribution is -2.31. The van der Waals surface area contributed by atoms with E-state index in [9.17, 15) is 4.79 Å². The van der Waals surface area contributed by atoms with Crippen molar-refractivity contribution < 1.29 is 4.79 Å². The second kappa shape index (κ2) is 8.78. The third kappa shape index (κ3) is 4.11. The number of nitrogens with one attached hydrogen (secondary N) is 1. The smallest absolute Gasteiger partial charge is 0.232 e. The van der Waals surface area contributed by atoms with Crippen molar-refractivity contribution >= 4 is 5.91 Å². The lowest BCUT2D eigenvalue weighted by atomic mass is 9.90. The Morgan fingerprint density at radius 1 is 0.964 bits per heavy atom. The van der Waals surface area contributed by atoms with Gasteiger partial charge in [0.2, 0.25) is 5.91 Å². The average Bonchev–Trinajstić information content (AvgIpc) is 3.23. The van der Waals surface area contributed by atoms with Crippen LogP contribution >= 0.6 is 0 Å².